The molecule has 176 valence electrons. The van der Waals surface area contributed by atoms with Crippen LogP contribution in [0.5, 0.6) is 0 Å². The van der Waals surface area contributed by atoms with Gasteiger partial charge < -0.3 is 10.6 Å². The number of hydrogen-bond acceptors (Lipinski definition) is 4. The standard InChI is InChI=1S/C26H18I2N2O4S/c27-23-7-3-1-5-21(23)25(31)29-17-9-13-19(14-10-17)35(33,34)20-15-11-18(12-16-20)30-26(32)22-6-2-4-8-24(22)28/h1-16H,(H,29,31)(H,30,32). The van der Waals surface area contributed by atoms with Crippen molar-refractivity contribution in [2.24, 2.45) is 0 Å². The third-order valence-electron chi connectivity index (χ3n) is 5.08. The highest BCUT2D eigenvalue weighted by atomic mass is 127. The highest BCUT2D eigenvalue weighted by molar-refractivity contribution is 14.1. The lowest BCUT2D eigenvalue weighted by molar-refractivity contribution is 0.101. The van der Waals surface area contributed by atoms with Crippen LogP contribution in [0.2, 0.25) is 0 Å². The Balaban J connectivity index is 1.46. The molecule has 4 rings (SSSR count). The van der Waals surface area contributed by atoms with Crippen molar-refractivity contribution >= 4 is 78.2 Å². The molecule has 0 radical (unpaired) electrons. The van der Waals surface area contributed by atoms with Gasteiger partial charge >= 0.3 is 0 Å². The lowest BCUT2D eigenvalue weighted by Gasteiger charge is -2.10. The van der Waals surface area contributed by atoms with Crippen LogP contribution in [-0.2, 0) is 9.84 Å². The minimum absolute atomic E-state index is 0.0976. The largest absolute Gasteiger partial charge is 0.322 e. The fourth-order valence-corrected chi connectivity index (χ4v) is 5.78. The molecular formula is C26H18I2N2O4S. The molecule has 0 aliphatic heterocycles. The molecule has 0 unspecified atom stereocenters. The quantitative estimate of drug-likeness (QED) is 0.233. The molecule has 0 fully saturated rings. The van der Waals surface area contributed by atoms with Crippen LogP contribution in [-0.4, -0.2) is 20.2 Å². The number of rotatable bonds is 6. The molecule has 0 aromatic heterocycles. The van der Waals surface area contributed by atoms with Gasteiger partial charge in [0.25, 0.3) is 11.8 Å². The zero-order valence-corrected chi connectivity index (χ0v) is 23.2. The number of carbonyl (C=O) groups excluding carboxylic acids is 2. The van der Waals surface area contributed by atoms with Crippen molar-refractivity contribution in [3.63, 3.8) is 0 Å². The topological polar surface area (TPSA) is 92.3 Å². The van der Waals surface area contributed by atoms with Crippen molar-refractivity contribution in [3.8, 4) is 0 Å². The number of amides is 2. The second-order valence-electron chi connectivity index (χ2n) is 7.42. The van der Waals surface area contributed by atoms with Crippen molar-refractivity contribution in [2.75, 3.05) is 10.6 Å². The molecule has 0 spiro atoms. The van der Waals surface area contributed by atoms with Crippen LogP contribution in [0.3, 0.4) is 0 Å². The van der Waals surface area contributed by atoms with E-state index in [0.717, 1.165) is 7.14 Å². The molecule has 0 atom stereocenters. The molecule has 0 aliphatic rings. The van der Waals surface area contributed by atoms with Gasteiger partial charge in [0.2, 0.25) is 9.84 Å². The highest BCUT2D eigenvalue weighted by Crippen LogP contribution is 2.25. The van der Waals surface area contributed by atoms with Gasteiger partial charge in [-0.25, -0.2) is 8.42 Å². The van der Waals surface area contributed by atoms with E-state index in [9.17, 15) is 18.0 Å². The molecule has 6 nitrogen and oxygen atoms in total. The Morgan fingerprint density at radius 2 is 0.886 bits per heavy atom. The number of sulfone groups is 1. The predicted octanol–water partition coefficient (Wildman–Crippen LogP) is 6.23. The fraction of sp³-hybridized carbons (Fsp3) is 0. The molecule has 2 amide bonds. The van der Waals surface area contributed by atoms with Gasteiger partial charge in [-0.2, -0.15) is 0 Å². The third-order valence-corrected chi connectivity index (χ3v) is 8.75. The smallest absolute Gasteiger partial charge is 0.256 e. The Bertz CT molecular complexity index is 1390. The summed E-state index contributed by atoms with van der Waals surface area (Å²) in [7, 11) is -3.78. The van der Waals surface area contributed by atoms with Crippen LogP contribution in [0, 0.1) is 7.14 Å². The average molecular weight is 708 g/mol. The second kappa shape index (κ2) is 10.9. The SMILES string of the molecule is O=C(Nc1ccc(S(=O)(=O)c2ccc(NC(=O)c3ccccc3I)cc2)cc1)c1ccccc1I. The molecule has 2 N–H and O–H groups in total. The summed E-state index contributed by atoms with van der Waals surface area (Å²) < 4.78 is 27.8. The number of anilines is 2. The zero-order chi connectivity index (χ0) is 25.0. The number of nitrogens with one attached hydrogen (secondary N) is 2. The Hall–Kier alpha value is -2.77. The second-order valence-corrected chi connectivity index (χ2v) is 11.7. The van der Waals surface area contributed by atoms with Crippen LogP contribution in [0.4, 0.5) is 11.4 Å². The van der Waals surface area contributed by atoms with E-state index in [-0.39, 0.29) is 21.6 Å². The van der Waals surface area contributed by atoms with Crippen LogP contribution in [0.15, 0.2) is 107 Å². The van der Waals surface area contributed by atoms with Crippen molar-refractivity contribution in [1.82, 2.24) is 0 Å². The van der Waals surface area contributed by atoms with Gasteiger partial charge in [0.05, 0.1) is 20.9 Å². The van der Waals surface area contributed by atoms with E-state index in [4.69, 9.17) is 0 Å². The third kappa shape index (κ3) is 5.90. The number of benzene rings is 4. The normalized spacial score (nSPS) is 11.0. The summed E-state index contributed by atoms with van der Waals surface area (Å²) in [4.78, 5) is 25.2. The van der Waals surface area contributed by atoms with Gasteiger partial charge in [-0.05, 0) is 118 Å². The zero-order valence-electron chi connectivity index (χ0n) is 18.0. The van der Waals surface area contributed by atoms with E-state index in [1.807, 2.05) is 24.3 Å². The van der Waals surface area contributed by atoms with E-state index in [0.29, 0.717) is 22.5 Å². The maximum absolute atomic E-state index is 13.1. The molecule has 35 heavy (non-hydrogen) atoms. The van der Waals surface area contributed by atoms with Crippen LogP contribution < -0.4 is 10.6 Å². The summed E-state index contributed by atoms with van der Waals surface area (Å²) in [6.45, 7) is 0. The van der Waals surface area contributed by atoms with E-state index >= 15 is 0 Å². The monoisotopic (exact) mass is 708 g/mol. The number of hydrogen-bond donors (Lipinski definition) is 2. The van der Waals surface area contributed by atoms with Gasteiger partial charge in [0, 0.05) is 18.5 Å². The van der Waals surface area contributed by atoms with Gasteiger partial charge in [0.15, 0.2) is 0 Å². The van der Waals surface area contributed by atoms with Crippen LogP contribution in [0.1, 0.15) is 20.7 Å². The van der Waals surface area contributed by atoms with Crippen molar-refractivity contribution in [1.29, 1.82) is 0 Å². The molecular weight excluding hydrogens is 690 g/mol. The first-order chi connectivity index (χ1) is 16.8. The van der Waals surface area contributed by atoms with Crippen LogP contribution in [0.25, 0.3) is 0 Å². The first-order valence-electron chi connectivity index (χ1n) is 10.3. The summed E-state index contributed by atoms with van der Waals surface area (Å²) in [6, 6.07) is 26.4. The molecule has 0 aliphatic carbocycles. The predicted molar refractivity (Wildman–Crippen MR) is 153 cm³/mol. The highest BCUT2D eigenvalue weighted by Gasteiger charge is 2.18. The van der Waals surface area contributed by atoms with Gasteiger partial charge in [-0.1, -0.05) is 24.3 Å². The van der Waals surface area contributed by atoms with E-state index in [1.54, 1.807) is 48.5 Å². The van der Waals surface area contributed by atoms with Gasteiger partial charge in [-0.15, -0.1) is 0 Å². The molecule has 4 aromatic carbocycles. The summed E-state index contributed by atoms with van der Waals surface area (Å²) in [5.74, 6) is -0.540. The molecule has 0 saturated carbocycles. The number of halogens is 2. The first kappa shape index (κ1) is 25.3. The maximum atomic E-state index is 13.1. The Kier molecular flexibility index (Phi) is 7.87. The molecule has 4 aromatic rings. The summed E-state index contributed by atoms with van der Waals surface area (Å²) in [5, 5.41) is 5.56. The molecule has 0 saturated heterocycles. The van der Waals surface area contributed by atoms with Crippen molar-refractivity contribution in [2.45, 2.75) is 9.79 Å². The average Bonchev–Trinajstić information content (AvgIpc) is 2.85. The van der Waals surface area contributed by atoms with E-state index in [1.165, 1.54) is 24.3 Å². The molecule has 0 heterocycles. The lowest BCUT2D eigenvalue weighted by atomic mass is 10.2. The Labute approximate surface area is 230 Å². The Morgan fingerprint density at radius 1 is 0.543 bits per heavy atom. The van der Waals surface area contributed by atoms with Crippen LogP contribution >= 0.6 is 45.2 Å². The Morgan fingerprint density at radius 3 is 1.23 bits per heavy atom. The van der Waals surface area contributed by atoms with Crippen molar-refractivity contribution < 1.29 is 18.0 Å². The molecule has 0 bridgehead atoms. The van der Waals surface area contributed by atoms with Gasteiger partial charge in [0.1, 0.15) is 0 Å². The first-order valence-corrected chi connectivity index (χ1v) is 14.0. The van der Waals surface area contributed by atoms with Crippen molar-refractivity contribution in [3.05, 3.63) is 115 Å². The van der Waals surface area contributed by atoms with Gasteiger partial charge in [-0.3, -0.25) is 9.59 Å². The maximum Gasteiger partial charge on any atom is 0.256 e. The minimum Gasteiger partial charge on any atom is -0.322 e. The lowest BCUT2D eigenvalue weighted by Crippen LogP contribution is -2.13. The fourth-order valence-electron chi connectivity index (χ4n) is 3.26. The van der Waals surface area contributed by atoms with E-state index < -0.39 is 9.84 Å². The molecule has 9 heteroatoms. The summed E-state index contributed by atoms with van der Waals surface area (Å²) >= 11 is 4.18. The summed E-state index contributed by atoms with van der Waals surface area (Å²) in [6.07, 6.45) is 0. The van der Waals surface area contributed by atoms with E-state index in [2.05, 4.69) is 55.8 Å². The number of carbonyl (C=O) groups is 2. The summed E-state index contributed by atoms with van der Waals surface area (Å²) in [5.41, 5.74) is 2.06. The minimum atomic E-state index is -3.78.